The number of rotatable bonds is 3. The molecular weight excluding hydrogens is 226 g/mol. The molecule has 0 saturated heterocycles. The van der Waals surface area contributed by atoms with E-state index >= 15 is 0 Å². The van der Waals surface area contributed by atoms with Crippen molar-refractivity contribution in [1.29, 1.82) is 0 Å². The van der Waals surface area contributed by atoms with Crippen molar-refractivity contribution in [3.05, 3.63) is 29.6 Å². The van der Waals surface area contributed by atoms with E-state index < -0.39 is 24.6 Å². The number of aliphatic hydroxyl groups excluding tert-OH is 1. The van der Waals surface area contributed by atoms with Crippen molar-refractivity contribution >= 4 is 5.69 Å². The zero-order chi connectivity index (χ0) is 12.3. The van der Waals surface area contributed by atoms with E-state index in [-0.39, 0.29) is 5.69 Å². The van der Waals surface area contributed by atoms with Crippen LogP contribution < -0.4 is 5.32 Å². The zero-order valence-electron chi connectivity index (χ0n) is 8.48. The first-order valence-corrected chi connectivity index (χ1v) is 4.55. The number of anilines is 1. The van der Waals surface area contributed by atoms with Crippen LogP contribution >= 0.6 is 0 Å². The molecule has 1 atom stereocenters. The van der Waals surface area contributed by atoms with Crippen molar-refractivity contribution in [1.82, 2.24) is 0 Å². The highest BCUT2D eigenvalue weighted by atomic mass is 19.4. The van der Waals surface area contributed by atoms with Crippen LogP contribution in [0.3, 0.4) is 0 Å². The number of alkyl halides is 3. The summed E-state index contributed by atoms with van der Waals surface area (Å²) in [4.78, 5) is 0. The lowest BCUT2D eigenvalue weighted by Crippen LogP contribution is -2.35. The van der Waals surface area contributed by atoms with Gasteiger partial charge in [-0.3, -0.25) is 0 Å². The van der Waals surface area contributed by atoms with Crippen LogP contribution in [0.4, 0.5) is 23.2 Å². The third-order valence-corrected chi connectivity index (χ3v) is 1.92. The second-order valence-electron chi connectivity index (χ2n) is 3.46. The minimum Gasteiger partial charge on any atom is -0.382 e. The van der Waals surface area contributed by atoms with Gasteiger partial charge < -0.3 is 10.4 Å². The van der Waals surface area contributed by atoms with Crippen molar-refractivity contribution in [2.24, 2.45) is 0 Å². The van der Waals surface area contributed by atoms with Crippen LogP contribution in [0.25, 0.3) is 0 Å². The Morgan fingerprint density at radius 1 is 1.31 bits per heavy atom. The third kappa shape index (κ3) is 3.69. The lowest BCUT2D eigenvalue weighted by molar-refractivity contribution is -0.198. The Morgan fingerprint density at radius 2 is 1.94 bits per heavy atom. The summed E-state index contributed by atoms with van der Waals surface area (Å²) in [5.41, 5.74) is 0.796. The predicted molar refractivity (Wildman–Crippen MR) is 51.7 cm³/mol. The van der Waals surface area contributed by atoms with E-state index in [0.29, 0.717) is 5.56 Å². The van der Waals surface area contributed by atoms with Crippen molar-refractivity contribution in [3.8, 4) is 0 Å². The van der Waals surface area contributed by atoms with Crippen molar-refractivity contribution in [2.45, 2.75) is 19.2 Å². The van der Waals surface area contributed by atoms with Gasteiger partial charge in [0.25, 0.3) is 0 Å². The van der Waals surface area contributed by atoms with Crippen LogP contribution in [-0.4, -0.2) is 23.9 Å². The molecule has 0 aromatic heterocycles. The maximum atomic E-state index is 12.9. The molecule has 0 aliphatic rings. The van der Waals surface area contributed by atoms with Gasteiger partial charge in [0.1, 0.15) is 5.82 Å². The largest absolute Gasteiger partial charge is 0.416 e. The summed E-state index contributed by atoms with van der Waals surface area (Å²) in [6.45, 7) is 0.918. The molecule has 2 N–H and O–H groups in total. The summed E-state index contributed by atoms with van der Waals surface area (Å²) < 4.78 is 48.7. The highest BCUT2D eigenvalue weighted by Crippen LogP contribution is 2.21. The quantitative estimate of drug-likeness (QED) is 0.791. The monoisotopic (exact) mass is 237 g/mol. The second-order valence-corrected chi connectivity index (χ2v) is 3.46. The fourth-order valence-corrected chi connectivity index (χ4v) is 1.17. The number of nitrogens with one attached hydrogen (secondary N) is 1. The van der Waals surface area contributed by atoms with Crippen LogP contribution in [0.1, 0.15) is 5.56 Å². The Balaban J connectivity index is 2.61. The molecule has 0 spiro atoms. The van der Waals surface area contributed by atoms with Gasteiger partial charge in [0.15, 0.2) is 6.10 Å². The van der Waals surface area contributed by atoms with Gasteiger partial charge in [-0.15, -0.1) is 0 Å². The smallest absolute Gasteiger partial charge is 0.382 e. The van der Waals surface area contributed by atoms with Crippen molar-refractivity contribution in [3.63, 3.8) is 0 Å². The molecule has 1 rings (SSSR count). The van der Waals surface area contributed by atoms with Crippen LogP contribution in [0.2, 0.25) is 0 Å². The molecule has 0 fully saturated rings. The van der Waals surface area contributed by atoms with Gasteiger partial charge in [-0.25, -0.2) is 4.39 Å². The molecule has 1 unspecified atom stereocenters. The fraction of sp³-hybridized carbons (Fsp3) is 0.400. The molecule has 0 aliphatic heterocycles. The summed E-state index contributed by atoms with van der Waals surface area (Å²) in [5, 5.41) is 11.0. The first-order chi connectivity index (χ1) is 7.29. The molecule has 0 amide bonds. The number of halogens is 4. The number of hydrogen-bond acceptors (Lipinski definition) is 2. The average molecular weight is 237 g/mol. The topological polar surface area (TPSA) is 32.3 Å². The van der Waals surface area contributed by atoms with Gasteiger partial charge in [0.2, 0.25) is 0 Å². The van der Waals surface area contributed by atoms with E-state index in [9.17, 15) is 17.6 Å². The molecular formula is C10H11F4NO. The number of hydrogen-bond donors (Lipinski definition) is 2. The Bertz CT molecular complexity index is 344. The number of aryl methyl sites for hydroxylation is 1. The first-order valence-electron chi connectivity index (χ1n) is 4.55. The highest BCUT2D eigenvalue weighted by molar-refractivity contribution is 5.46. The Kier molecular flexibility index (Phi) is 3.74. The molecule has 0 aliphatic carbocycles. The van der Waals surface area contributed by atoms with Gasteiger partial charge >= 0.3 is 6.18 Å². The molecule has 1 aromatic rings. The van der Waals surface area contributed by atoms with E-state index in [2.05, 4.69) is 5.32 Å². The van der Waals surface area contributed by atoms with Gasteiger partial charge in [-0.2, -0.15) is 13.2 Å². The Morgan fingerprint density at radius 3 is 2.44 bits per heavy atom. The molecule has 6 heteroatoms. The summed E-state index contributed by atoms with van der Waals surface area (Å²) in [5.74, 6) is -0.538. The summed E-state index contributed by atoms with van der Waals surface area (Å²) in [6, 6.07) is 3.81. The fourth-order valence-electron chi connectivity index (χ4n) is 1.17. The normalized spacial score (nSPS) is 13.6. The van der Waals surface area contributed by atoms with Crippen LogP contribution in [0.5, 0.6) is 0 Å². The summed E-state index contributed by atoms with van der Waals surface area (Å²) in [6.07, 6.45) is -7.13. The molecule has 2 nitrogen and oxygen atoms in total. The minimum absolute atomic E-state index is 0.209. The summed E-state index contributed by atoms with van der Waals surface area (Å²) >= 11 is 0. The standard InChI is InChI=1S/C10H11F4NO/c1-6-2-7(11)4-8(3-6)15-5-9(16)10(12,13)14/h2-4,9,15-16H,5H2,1H3. The van der Waals surface area contributed by atoms with E-state index in [1.807, 2.05) is 0 Å². The Hall–Kier alpha value is -1.30. The van der Waals surface area contributed by atoms with E-state index in [1.165, 1.54) is 12.1 Å². The molecule has 0 saturated carbocycles. The number of benzene rings is 1. The van der Waals surface area contributed by atoms with Crippen LogP contribution in [-0.2, 0) is 0 Å². The Labute approximate surface area is 89.9 Å². The lowest BCUT2D eigenvalue weighted by Gasteiger charge is -2.16. The van der Waals surface area contributed by atoms with Crippen molar-refractivity contribution < 1.29 is 22.7 Å². The molecule has 16 heavy (non-hydrogen) atoms. The summed E-state index contributed by atoms with van der Waals surface area (Å²) in [7, 11) is 0. The van der Waals surface area contributed by atoms with Crippen LogP contribution in [0.15, 0.2) is 18.2 Å². The molecule has 90 valence electrons. The maximum Gasteiger partial charge on any atom is 0.416 e. The predicted octanol–water partition coefficient (Wildman–Crippen LogP) is 2.47. The second kappa shape index (κ2) is 4.69. The van der Waals surface area contributed by atoms with Gasteiger partial charge in [-0.1, -0.05) is 0 Å². The van der Waals surface area contributed by atoms with E-state index in [0.717, 1.165) is 6.07 Å². The maximum absolute atomic E-state index is 12.9. The average Bonchev–Trinajstić information content (AvgIpc) is 2.11. The zero-order valence-corrected chi connectivity index (χ0v) is 8.48. The van der Waals surface area contributed by atoms with Gasteiger partial charge in [-0.05, 0) is 30.7 Å². The molecule has 0 bridgehead atoms. The minimum atomic E-state index is -4.67. The first kappa shape index (κ1) is 12.8. The molecule has 1 aromatic carbocycles. The van der Waals surface area contributed by atoms with E-state index in [4.69, 9.17) is 5.11 Å². The third-order valence-electron chi connectivity index (χ3n) is 1.92. The van der Waals surface area contributed by atoms with E-state index in [1.54, 1.807) is 6.92 Å². The van der Waals surface area contributed by atoms with Gasteiger partial charge in [0.05, 0.1) is 0 Å². The van der Waals surface area contributed by atoms with Crippen molar-refractivity contribution in [2.75, 3.05) is 11.9 Å². The van der Waals surface area contributed by atoms with Gasteiger partial charge in [0, 0.05) is 12.2 Å². The number of aliphatic hydroxyl groups is 1. The lowest BCUT2D eigenvalue weighted by atomic mass is 10.2. The van der Waals surface area contributed by atoms with Crippen LogP contribution in [0, 0.1) is 12.7 Å². The SMILES string of the molecule is Cc1cc(F)cc(NCC(O)C(F)(F)F)c1. The molecule has 0 heterocycles. The molecule has 0 radical (unpaired) electrons. The highest BCUT2D eigenvalue weighted by Gasteiger charge is 2.37.